The van der Waals surface area contributed by atoms with E-state index in [4.69, 9.17) is 0 Å². The minimum atomic E-state index is 0. The maximum atomic E-state index is 2.44. The van der Waals surface area contributed by atoms with Crippen LogP contribution in [0.25, 0.3) is 21.5 Å². The van der Waals surface area contributed by atoms with Crippen molar-refractivity contribution in [3.05, 3.63) is 72.8 Å². The van der Waals surface area contributed by atoms with Crippen molar-refractivity contribution in [2.75, 3.05) is 24.6 Å². The van der Waals surface area contributed by atoms with Crippen molar-refractivity contribution in [2.45, 2.75) is 79.1 Å². The number of hydrogen-bond donors (Lipinski definition) is 0. The van der Waals surface area contributed by atoms with E-state index in [0.29, 0.717) is 0 Å². The number of unbranched alkanes of at least 4 members (excludes halogenated alkanes) is 4. The Balaban J connectivity index is 0.000000253. The Kier molecular flexibility index (Phi) is 16.2. The van der Waals surface area contributed by atoms with Crippen LogP contribution < -0.4 is 10.6 Å². The minimum absolute atomic E-state index is 0. The molecular weight excluding hydrogens is 518 g/mol. The van der Waals surface area contributed by atoms with Gasteiger partial charge in [0, 0.05) is 0 Å². The van der Waals surface area contributed by atoms with Crippen molar-refractivity contribution in [3.63, 3.8) is 0 Å². The van der Waals surface area contributed by atoms with Gasteiger partial charge in [-0.2, -0.15) is 12.1 Å². The largest absolute Gasteiger partial charge is 2.00 e. The molecule has 0 amide bonds. The summed E-state index contributed by atoms with van der Waals surface area (Å²) in [6.45, 7) is 9.20. The van der Waals surface area contributed by atoms with Crippen LogP contribution >= 0.6 is 15.8 Å². The van der Waals surface area contributed by atoms with Crippen molar-refractivity contribution < 1.29 is 21.7 Å². The third-order valence-electron chi connectivity index (χ3n) is 7.06. The maximum Gasteiger partial charge on any atom is 2.00 e. The molecule has 0 nitrogen and oxygen atoms in total. The van der Waals surface area contributed by atoms with Gasteiger partial charge < -0.3 is 0 Å². The second-order valence-corrected chi connectivity index (χ2v) is 15.1. The summed E-state index contributed by atoms with van der Waals surface area (Å²) >= 11 is 0. The van der Waals surface area contributed by atoms with Crippen molar-refractivity contribution in [2.24, 2.45) is 0 Å². The van der Waals surface area contributed by atoms with Gasteiger partial charge in [0.25, 0.3) is 0 Å². The normalized spacial score (nSPS) is 11.2. The van der Waals surface area contributed by atoms with Gasteiger partial charge >= 0.3 is 21.7 Å². The molecule has 3 heteroatoms. The fraction of sp³-hybridized carbons (Fsp3) is 0.471. The van der Waals surface area contributed by atoms with E-state index in [1.807, 2.05) is 0 Å². The van der Waals surface area contributed by atoms with E-state index in [1.54, 1.807) is 10.6 Å². The molecule has 0 heterocycles. The third-order valence-corrected chi connectivity index (χ3v) is 12.5. The van der Waals surface area contributed by atoms with Crippen molar-refractivity contribution in [1.29, 1.82) is 0 Å². The number of hydrogen-bond acceptors (Lipinski definition) is 0. The molecule has 198 valence electrons. The monoisotopic (exact) mass is 566 g/mol. The summed E-state index contributed by atoms with van der Waals surface area (Å²) in [6, 6.07) is 27.3. The SMILES string of the molecule is CCCCP(CCCC)c1cc2ccccc2[cH-]1.CCCCP(CCCC)c1cc2ccccc2[cH-]1.[Ti+2]. The zero-order chi connectivity index (χ0) is 25.6. The third kappa shape index (κ3) is 10.4. The number of rotatable bonds is 14. The molecule has 0 aliphatic rings. The van der Waals surface area contributed by atoms with Gasteiger partial charge in [-0.3, -0.25) is 0 Å². The topological polar surface area (TPSA) is 0 Å². The Hall–Kier alpha value is -0.766. The quantitative estimate of drug-likeness (QED) is 0.0809. The first kappa shape index (κ1) is 32.4. The second-order valence-electron chi connectivity index (χ2n) is 10.1. The Morgan fingerprint density at radius 3 is 1.14 bits per heavy atom. The van der Waals surface area contributed by atoms with Gasteiger partial charge in [-0.1, -0.05) is 81.4 Å². The molecule has 0 N–H and O–H groups in total. The predicted octanol–water partition coefficient (Wildman–Crippen LogP) is 10.5. The fourth-order valence-electron chi connectivity index (χ4n) is 4.77. The second kappa shape index (κ2) is 18.5. The Morgan fingerprint density at radius 2 is 0.838 bits per heavy atom. The van der Waals surface area contributed by atoms with E-state index in [0.717, 1.165) is 0 Å². The molecule has 0 aromatic heterocycles. The van der Waals surface area contributed by atoms with Crippen LogP contribution in [0, 0.1) is 0 Å². The molecule has 4 aromatic rings. The summed E-state index contributed by atoms with van der Waals surface area (Å²) in [6.07, 6.45) is 16.5. The predicted molar refractivity (Wildman–Crippen MR) is 171 cm³/mol. The smallest absolute Gasteiger partial charge is 0.161 e. The molecule has 0 spiro atoms. The van der Waals surface area contributed by atoms with Gasteiger partial charge in [0.2, 0.25) is 0 Å². The Labute approximate surface area is 245 Å². The first-order valence-electron chi connectivity index (χ1n) is 14.5. The van der Waals surface area contributed by atoms with Crippen molar-refractivity contribution in [1.82, 2.24) is 0 Å². The van der Waals surface area contributed by atoms with E-state index in [-0.39, 0.29) is 37.6 Å². The molecular formula is C34H48P2Ti. The van der Waals surface area contributed by atoms with Gasteiger partial charge in [0.05, 0.1) is 0 Å². The molecule has 0 radical (unpaired) electrons. The standard InChI is InChI=1S/2C17H24P.Ti/c2*1-3-5-11-18(12-6-4-2)17-13-15-9-7-8-10-16(15)14-17;/h2*7-10,13-14H,3-6,11-12H2,1-2H3;/q2*-1;+2. The summed E-state index contributed by atoms with van der Waals surface area (Å²) in [4.78, 5) is 0. The van der Waals surface area contributed by atoms with Crippen LogP contribution in [0.3, 0.4) is 0 Å². The molecule has 0 bridgehead atoms. The fourth-order valence-corrected chi connectivity index (χ4v) is 10.3. The summed E-state index contributed by atoms with van der Waals surface area (Å²) in [7, 11) is 0.171. The van der Waals surface area contributed by atoms with Gasteiger partial charge in [-0.25, -0.2) is 0 Å². The molecule has 0 fully saturated rings. The molecule has 37 heavy (non-hydrogen) atoms. The maximum absolute atomic E-state index is 2.44. The molecule has 0 unspecified atom stereocenters. The van der Waals surface area contributed by atoms with Crippen molar-refractivity contribution in [3.8, 4) is 0 Å². The first-order chi connectivity index (χ1) is 17.7. The molecule has 4 rings (SSSR count). The average Bonchev–Trinajstić information content (AvgIpc) is 3.53. The molecule has 4 aromatic carbocycles. The molecule has 0 atom stereocenters. The summed E-state index contributed by atoms with van der Waals surface area (Å²) in [5.74, 6) is 0. The number of benzene rings is 2. The molecule has 0 aliphatic carbocycles. The van der Waals surface area contributed by atoms with Crippen LogP contribution in [0.15, 0.2) is 72.8 Å². The van der Waals surface area contributed by atoms with Gasteiger partial charge in [0.15, 0.2) is 0 Å². The number of fused-ring (bicyclic) bond motifs is 2. The van der Waals surface area contributed by atoms with Crippen LogP contribution in [0.5, 0.6) is 0 Å². The van der Waals surface area contributed by atoms with Crippen molar-refractivity contribution >= 4 is 48.0 Å². The van der Waals surface area contributed by atoms with E-state index >= 15 is 0 Å². The van der Waals surface area contributed by atoms with Crippen LogP contribution in [-0.4, -0.2) is 24.6 Å². The first-order valence-corrected chi connectivity index (χ1v) is 17.9. The molecule has 0 aliphatic heterocycles. The van der Waals surface area contributed by atoms with Crippen LogP contribution in [0.1, 0.15) is 79.1 Å². The van der Waals surface area contributed by atoms with Crippen LogP contribution in [-0.2, 0) is 21.7 Å². The van der Waals surface area contributed by atoms with Gasteiger partial charge in [-0.05, 0) is 50.3 Å². The van der Waals surface area contributed by atoms with Crippen LogP contribution in [0.2, 0.25) is 0 Å². The zero-order valence-electron chi connectivity index (χ0n) is 23.8. The minimum Gasteiger partial charge on any atom is -0.161 e. The molecule has 0 saturated carbocycles. The van der Waals surface area contributed by atoms with Crippen LogP contribution in [0.4, 0.5) is 0 Å². The van der Waals surface area contributed by atoms with E-state index in [2.05, 4.69) is 100 Å². The summed E-state index contributed by atoms with van der Waals surface area (Å²) in [5.41, 5.74) is 0. The van der Waals surface area contributed by atoms with E-state index in [9.17, 15) is 0 Å². The summed E-state index contributed by atoms with van der Waals surface area (Å²) < 4.78 is 0. The summed E-state index contributed by atoms with van der Waals surface area (Å²) in [5, 5.41) is 8.96. The van der Waals surface area contributed by atoms with Gasteiger partial charge in [0.1, 0.15) is 0 Å². The average molecular weight is 567 g/mol. The molecule has 0 saturated heterocycles. The van der Waals surface area contributed by atoms with E-state index < -0.39 is 0 Å². The van der Waals surface area contributed by atoms with Gasteiger partial charge in [-0.15, -0.1) is 80.7 Å². The zero-order valence-corrected chi connectivity index (χ0v) is 27.2. The Morgan fingerprint density at radius 1 is 0.514 bits per heavy atom. The van der Waals surface area contributed by atoms with E-state index in [1.165, 1.54) is 97.6 Å². The Bertz CT molecular complexity index is 953.